The molecule has 10 heteroatoms. The fourth-order valence-corrected chi connectivity index (χ4v) is 3.18. The lowest BCUT2D eigenvalue weighted by Gasteiger charge is -2.06. The minimum atomic E-state index is -0.550. The van der Waals surface area contributed by atoms with E-state index >= 15 is 0 Å². The number of fused-ring (bicyclic) bond motifs is 1. The number of thioether (sulfide) groups is 1. The second-order valence-corrected chi connectivity index (χ2v) is 6.78. The number of H-pyrrole nitrogens is 1. The minimum absolute atomic E-state index is 0.0666. The molecule has 0 fully saturated rings. The largest absolute Gasteiger partial charge is 0.494 e. The smallest absolute Gasteiger partial charge is 0.271 e. The zero-order valence-corrected chi connectivity index (χ0v) is 15.8. The molecule has 8 nitrogen and oxygen atoms in total. The molecule has 0 aliphatic rings. The van der Waals surface area contributed by atoms with Crippen LogP contribution in [-0.2, 0) is 4.79 Å². The molecule has 0 radical (unpaired) electrons. The van der Waals surface area contributed by atoms with Crippen LogP contribution in [0.1, 0.15) is 6.92 Å². The molecule has 0 spiro atoms. The number of benzene rings is 2. The number of nitrogens with one attached hydrogen (secondary N) is 2. The molecule has 1 amide bonds. The number of aromatic amines is 1. The average molecular weight is 407 g/mol. The number of anilines is 1. The highest BCUT2D eigenvalue weighted by molar-refractivity contribution is 7.99. The van der Waals surface area contributed by atoms with Crippen molar-refractivity contribution >= 4 is 51.7 Å². The summed E-state index contributed by atoms with van der Waals surface area (Å²) in [4.78, 5) is 30.0. The van der Waals surface area contributed by atoms with Crippen molar-refractivity contribution in [3.63, 3.8) is 0 Å². The average Bonchev–Trinajstić information content (AvgIpc) is 3.04. The van der Waals surface area contributed by atoms with Crippen LogP contribution in [0.2, 0.25) is 5.02 Å². The van der Waals surface area contributed by atoms with Crippen LogP contribution in [0.4, 0.5) is 11.4 Å². The van der Waals surface area contributed by atoms with Gasteiger partial charge in [-0.15, -0.1) is 0 Å². The predicted molar refractivity (Wildman–Crippen MR) is 105 cm³/mol. The van der Waals surface area contributed by atoms with Crippen molar-refractivity contribution in [3.8, 4) is 5.75 Å². The molecule has 0 aliphatic carbocycles. The molecule has 1 heterocycles. The van der Waals surface area contributed by atoms with Crippen molar-refractivity contribution < 1.29 is 14.5 Å². The summed E-state index contributed by atoms with van der Waals surface area (Å²) in [6.45, 7) is 2.48. The summed E-state index contributed by atoms with van der Waals surface area (Å²) >= 11 is 7.19. The molecule has 2 N–H and O–H groups in total. The second-order valence-electron chi connectivity index (χ2n) is 5.41. The molecule has 3 aromatic rings. The molecule has 140 valence electrons. The Hall–Kier alpha value is -2.78. The number of carbonyl (C=O) groups is 1. The molecule has 0 atom stereocenters. The van der Waals surface area contributed by atoms with Gasteiger partial charge >= 0.3 is 0 Å². The Bertz CT molecular complexity index is 1010. The highest BCUT2D eigenvalue weighted by Crippen LogP contribution is 2.27. The number of nitro benzene ring substituents is 1. The van der Waals surface area contributed by atoms with Gasteiger partial charge in [0.2, 0.25) is 5.91 Å². The van der Waals surface area contributed by atoms with Crippen LogP contribution in [0.5, 0.6) is 5.75 Å². The van der Waals surface area contributed by atoms with E-state index in [1.807, 2.05) is 25.1 Å². The third-order valence-electron chi connectivity index (χ3n) is 3.52. The maximum Gasteiger partial charge on any atom is 0.271 e. The first-order valence-corrected chi connectivity index (χ1v) is 9.31. The zero-order chi connectivity index (χ0) is 19.4. The van der Waals surface area contributed by atoms with Crippen LogP contribution in [0.25, 0.3) is 11.0 Å². The number of ether oxygens (including phenoxy) is 1. The van der Waals surface area contributed by atoms with Crippen molar-refractivity contribution in [2.45, 2.75) is 12.1 Å². The lowest BCUT2D eigenvalue weighted by molar-refractivity contribution is -0.384. The van der Waals surface area contributed by atoms with Crippen LogP contribution >= 0.6 is 23.4 Å². The molecule has 3 rings (SSSR count). The number of hydrogen-bond acceptors (Lipinski definition) is 6. The maximum absolute atomic E-state index is 12.2. The molecule has 0 saturated heterocycles. The highest BCUT2D eigenvalue weighted by Gasteiger charge is 2.13. The first kappa shape index (κ1) is 19.0. The van der Waals surface area contributed by atoms with Crippen molar-refractivity contribution in [2.24, 2.45) is 0 Å². The zero-order valence-electron chi connectivity index (χ0n) is 14.2. The Kier molecular flexibility index (Phi) is 5.82. The summed E-state index contributed by atoms with van der Waals surface area (Å²) in [5.74, 6) is 0.457. The number of imidazole rings is 1. The quantitative estimate of drug-likeness (QED) is 0.344. The fourth-order valence-electron chi connectivity index (χ4n) is 2.33. The van der Waals surface area contributed by atoms with E-state index in [1.54, 1.807) is 0 Å². The van der Waals surface area contributed by atoms with Gasteiger partial charge in [0, 0.05) is 18.2 Å². The van der Waals surface area contributed by atoms with Crippen molar-refractivity contribution in [1.29, 1.82) is 0 Å². The molecule has 0 saturated carbocycles. The third kappa shape index (κ3) is 4.69. The number of aromatic nitrogens is 2. The van der Waals surface area contributed by atoms with Gasteiger partial charge in [0.1, 0.15) is 5.75 Å². The van der Waals surface area contributed by atoms with Crippen LogP contribution in [0.3, 0.4) is 0 Å². The van der Waals surface area contributed by atoms with E-state index in [2.05, 4.69) is 15.3 Å². The number of halogens is 1. The predicted octanol–water partition coefficient (Wildman–Crippen LogP) is 4.25. The number of amides is 1. The number of hydrogen-bond donors (Lipinski definition) is 2. The Morgan fingerprint density at radius 2 is 2.19 bits per heavy atom. The SMILES string of the molecule is CCOc1ccc2nc(SCC(=O)Nc3cc([N+](=O)[O-])ccc3Cl)[nH]c2c1. The summed E-state index contributed by atoms with van der Waals surface area (Å²) in [5, 5.41) is 14.2. The lowest BCUT2D eigenvalue weighted by Crippen LogP contribution is -2.14. The van der Waals surface area contributed by atoms with Gasteiger partial charge < -0.3 is 15.0 Å². The van der Waals surface area contributed by atoms with Gasteiger partial charge in [0.15, 0.2) is 5.16 Å². The van der Waals surface area contributed by atoms with Crippen LogP contribution in [0.15, 0.2) is 41.6 Å². The van der Waals surface area contributed by atoms with E-state index in [0.717, 1.165) is 16.8 Å². The van der Waals surface area contributed by atoms with Gasteiger partial charge in [-0.05, 0) is 25.1 Å². The molecule has 1 aromatic heterocycles. The van der Waals surface area contributed by atoms with Gasteiger partial charge in [-0.2, -0.15) is 0 Å². The minimum Gasteiger partial charge on any atom is -0.494 e. The van der Waals surface area contributed by atoms with Crippen LogP contribution in [0, 0.1) is 10.1 Å². The van der Waals surface area contributed by atoms with Gasteiger partial charge in [-0.3, -0.25) is 14.9 Å². The van der Waals surface area contributed by atoms with Crippen molar-refractivity contribution in [1.82, 2.24) is 9.97 Å². The summed E-state index contributed by atoms with van der Waals surface area (Å²) in [7, 11) is 0. The van der Waals surface area contributed by atoms with E-state index in [4.69, 9.17) is 16.3 Å². The fraction of sp³-hybridized carbons (Fsp3) is 0.176. The van der Waals surface area contributed by atoms with E-state index in [-0.39, 0.29) is 28.1 Å². The van der Waals surface area contributed by atoms with Crippen LogP contribution in [-0.4, -0.2) is 33.2 Å². The number of carbonyl (C=O) groups excluding carboxylic acids is 1. The number of nitro groups is 1. The monoisotopic (exact) mass is 406 g/mol. The Morgan fingerprint density at radius 3 is 2.93 bits per heavy atom. The van der Waals surface area contributed by atoms with Crippen molar-refractivity contribution in [3.05, 3.63) is 51.5 Å². The molecule has 2 aromatic carbocycles. The number of non-ortho nitro benzene ring substituents is 1. The molecular weight excluding hydrogens is 392 g/mol. The molecular formula is C17H15ClN4O4S. The maximum atomic E-state index is 12.2. The standard InChI is InChI=1S/C17H15ClN4O4S/c1-2-26-11-4-6-13-15(8-11)21-17(20-13)27-9-16(23)19-14-7-10(22(24)25)3-5-12(14)18/h3-8H,2,9H2,1H3,(H,19,23)(H,20,21). The van der Waals surface area contributed by atoms with Crippen LogP contribution < -0.4 is 10.1 Å². The van der Waals surface area contributed by atoms with E-state index < -0.39 is 4.92 Å². The normalized spacial score (nSPS) is 10.7. The Balaban J connectivity index is 1.64. The Labute approximate surface area is 163 Å². The molecule has 27 heavy (non-hydrogen) atoms. The first-order valence-electron chi connectivity index (χ1n) is 7.95. The van der Waals surface area contributed by atoms with E-state index in [1.165, 1.54) is 30.0 Å². The summed E-state index contributed by atoms with van der Waals surface area (Å²) in [6, 6.07) is 9.39. The first-order chi connectivity index (χ1) is 13.0. The van der Waals surface area contributed by atoms with Gasteiger partial charge in [-0.1, -0.05) is 23.4 Å². The summed E-state index contributed by atoms with van der Waals surface area (Å²) < 4.78 is 5.45. The molecule has 0 aliphatic heterocycles. The van der Waals surface area contributed by atoms with Gasteiger partial charge in [-0.25, -0.2) is 4.98 Å². The number of rotatable bonds is 7. The summed E-state index contributed by atoms with van der Waals surface area (Å²) in [5.41, 5.74) is 1.63. The second kappa shape index (κ2) is 8.28. The van der Waals surface area contributed by atoms with E-state index in [9.17, 15) is 14.9 Å². The van der Waals surface area contributed by atoms with E-state index in [0.29, 0.717) is 11.8 Å². The highest BCUT2D eigenvalue weighted by atomic mass is 35.5. The molecule has 0 bridgehead atoms. The van der Waals surface area contributed by atoms with Crippen molar-refractivity contribution in [2.75, 3.05) is 17.7 Å². The molecule has 0 unspecified atom stereocenters. The van der Waals surface area contributed by atoms with Gasteiger partial charge in [0.25, 0.3) is 5.69 Å². The summed E-state index contributed by atoms with van der Waals surface area (Å²) in [6.07, 6.45) is 0. The Morgan fingerprint density at radius 1 is 1.37 bits per heavy atom. The lowest BCUT2D eigenvalue weighted by atomic mass is 10.3. The number of nitrogens with zero attached hydrogens (tertiary/aromatic N) is 2. The van der Waals surface area contributed by atoms with Gasteiger partial charge in [0.05, 0.1) is 39.0 Å². The third-order valence-corrected chi connectivity index (χ3v) is 4.72. The topological polar surface area (TPSA) is 110 Å².